The van der Waals surface area contributed by atoms with E-state index in [2.05, 4.69) is 25.1 Å². The Morgan fingerprint density at radius 1 is 0.962 bits per heavy atom. The molecule has 0 radical (unpaired) electrons. The van der Waals surface area contributed by atoms with Gasteiger partial charge >= 0.3 is 0 Å². The van der Waals surface area contributed by atoms with Gasteiger partial charge in [-0.25, -0.2) is 9.97 Å². The molecule has 0 aromatic carbocycles. The number of aromatic nitrogens is 2. The minimum atomic E-state index is 0.165. The van der Waals surface area contributed by atoms with Crippen LogP contribution in [0.3, 0.4) is 0 Å². The van der Waals surface area contributed by atoms with Gasteiger partial charge in [-0.05, 0) is 25.7 Å². The van der Waals surface area contributed by atoms with Crippen LogP contribution in [0, 0.1) is 5.92 Å². The molecule has 1 N–H and O–H groups in total. The van der Waals surface area contributed by atoms with Crippen molar-refractivity contribution in [1.29, 1.82) is 0 Å². The molecule has 1 aliphatic carbocycles. The number of rotatable bonds is 4. The van der Waals surface area contributed by atoms with Gasteiger partial charge in [0.05, 0.1) is 18.1 Å². The standard InChI is InChI=1S/C19H29N5OS/c25-18(22-16-3-1-2-4-16)15-5-7-23(8-6-15)17-13-20-19(21-14-17)24-9-11-26-12-10-24/h13-16H,1-12H2,(H,22,25). The van der Waals surface area contributed by atoms with E-state index in [1.54, 1.807) is 0 Å². The van der Waals surface area contributed by atoms with Crippen molar-refractivity contribution in [3.8, 4) is 0 Å². The second-order valence-corrected chi connectivity index (χ2v) is 8.82. The number of anilines is 2. The van der Waals surface area contributed by atoms with Crippen LogP contribution in [0.15, 0.2) is 12.4 Å². The number of piperidine rings is 1. The minimum absolute atomic E-state index is 0.165. The predicted molar refractivity (Wildman–Crippen MR) is 107 cm³/mol. The van der Waals surface area contributed by atoms with E-state index in [9.17, 15) is 4.79 Å². The van der Waals surface area contributed by atoms with Crippen molar-refractivity contribution in [3.05, 3.63) is 12.4 Å². The molecule has 3 aliphatic rings. The lowest BCUT2D eigenvalue weighted by molar-refractivity contribution is -0.126. The van der Waals surface area contributed by atoms with E-state index in [1.165, 1.54) is 12.8 Å². The molecule has 142 valence electrons. The van der Waals surface area contributed by atoms with Crippen molar-refractivity contribution in [2.45, 2.75) is 44.6 Å². The van der Waals surface area contributed by atoms with Crippen LogP contribution in [-0.2, 0) is 4.79 Å². The van der Waals surface area contributed by atoms with E-state index in [1.807, 2.05) is 24.2 Å². The first-order valence-electron chi connectivity index (χ1n) is 9.99. The third-order valence-corrected chi connectivity index (χ3v) is 6.79. The van der Waals surface area contributed by atoms with Crippen LogP contribution in [-0.4, -0.2) is 59.6 Å². The summed E-state index contributed by atoms with van der Waals surface area (Å²) in [7, 11) is 0. The van der Waals surface area contributed by atoms with Crippen LogP contribution in [0.2, 0.25) is 0 Å². The van der Waals surface area contributed by atoms with Crippen molar-refractivity contribution >= 4 is 29.3 Å². The molecule has 0 unspecified atom stereocenters. The normalized spacial score (nSPS) is 22.6. The highest BCUT2D eigenvalue weighted by Crippen LogP contribution is 2.25. The van der Waals surface area contributed by atoms with Gasteiger partial charge in [0.1, 0.15) is 0 Å². The summed E-state index contributed by atoms with van der Waals surface area (Å²) in [6.45, 7) is 3.88. The van der Waals surface area contributed by atoms with E-state index >= 15 is 0 Å². The Labute approximate surface area is 160 Å². The van der Waals surface area contributed by atoms with Gasteiger partial charge in [-0.2, -0.15) is 11.8 Å². The lowest BCUT2D eigenvalue weighted by Crippen LogP contribution is -2.43. The maximum absolute atomic E-state index is 12.5. The summed E-state index contributed by atoms with van der Waals surface area (Å²) < 4.78 is 0. The molecular formula is C19H29N5OS. The Hall–Kier alpha value is -1.50. The van der Waals surface area contributed by atoms with Crippen molar-refractivity contribution in [2.75, 3.05) is 47.5 Å². The largest absolute Gasteiger partial charge is 0.369 e. The molecule has 0 atom stereocenters. The maximum Gasteiger partial charge on any atom is 0.225 e. The van der Waals surface area contributed by atoms with Gasteiger partial charge in [-0.3, -0.25) is 4.79 Å². The first kappa shape index (κ1) is 17.9. The van der Waals surface area contributed by atoms with Crippen molar-refractivity contribution in [2.24, 2.45) is 5.92 Å². The molecule has 7 heteroatoms. The molecule has 2 aliphatic heterocycles. The zero-order chi connectivity index (χ0) is 17.8. The highest BCUT2D eigenvalue weighted by atomic mass is 32.2. The van der Waals surface area contributed by atoms with E-state index in [4.69, 9.17) is 0 Å². The third kappa shape index (κ3) is 4.24. The summed E-state index contributed by atoms with van der Waals surface area (Å²) in [5, 5.41) is 3.26. The summed E-state index contributed by atoms with van der Waals surface area (Å²) in [4.78, 5) is 26.2. The first-order valence-corrected chi connectivity index (χ1v) is 11.1. The Bertz CT molecular complexity index is 590. The Balaban J connectivity index is 1.28. The summed E-state index contributed by atoms with van der Waals surface area (Å²) >= 11 is 1.99. The number of carbonyl (C=O) groups excluding carboxylic acids is 1. The maximum atomic E-state index is 12.5. The summed E-state index contributed by atoms with van der Waals surface area (Å²) in [6, 6.07) is 0.426. The predicted octanol–water partition coefficient (Wildman–Crippen LogP) is 2.30. The van der Waals surface area contributed by atoms with Crippen molar-refractivity contribution in [3.63, 3.8) is 0 Å². The van der Waals surface area contributed by atoms with Crippen LogP contribution in [0.4, 0.5) is 11.6 Å². The molecule has 26 heavy (non-hydrogen) atoms. The second kappa shape index (κ2) is 8.46. The smallest absolute Gasteiger partial charge is 0.225 e. The van der Waals surface area contributed by atoms with Gasteiger partial charge in [-0.15, -0.1) is 0 Å². The van der Waals surface area contributed by atoms with Gasteiger partial charge in [0.25, 0.3) is 0 Å². The monoisotopic (exact) mass is 375 g/mol. The SMILES string of the molecule is O=C(NC1CCCC1)C1CCN(c2cnc(N3CCSCC3)nc2)CC1. The molecular weight excluding hydrogens is 346 g/mol. The number of nitrogens with zero attached hydrogens (tertiary/aromatic N) is 4. The highest BCUT2D eigenvalue weighted by Gasteiger charge is 2.27. The number of nitrogens with one attached hydrogen (secondary N) is 1. The number of carbonyl (C=O) groups is 1. The second-order valence-electron chi connectivity index (χ2n) is 7.59. The topological polar surface area (TPSA) is 61.4 Å². The Morgan fingerprint density at radius 3 is 2.27 bits per heavy atom. The van der Waals surface area contributed by atoms with Crippen LogP contribution in [0.1, 0.15) is 38.5 Å². The van der Waals surface area contributed by atoms with Crippen LogP contribution in [0.5, 0.6) is 0 Å². The number of thioether (sulfide) groups is 1. The summed E-state index contributed by atoms with van der Waals surface area (Å²) in [5.74, 6) is 3.59. The number of hydrogen-bond acceptors (Lipinski definition) is 6. The highest BCUT2D eigenvalue weighted by molar-refractivity contribution is 7.99. The fraction of sp³-hybridized carbons (Fsp3) is 0.737. The quantitative estimate of drug-likeness (QED) is 0.871. The molecule has 4 rings (SSSR count). The van der Waals surface area contributed by atoms with E-state index in [0.29, 0.717) is 6.04 Å². The van der Waals surface area contributed by atoms with Crippen molar-refractivity contribution in [1.82, 2.24) is 15.3 Å². The fourth-order valence-corrected chi connectivity index (χ4v) is 5.10. The molecule has 1 aromatic rings. The van der Waals surface area contributed by atoms with Gasteiger partial charge in [0.2, 0.25) is 11.9 Å². The molecule has 1 amide bonds. The van der Waals surface area contributed by atoms with Gasteiger partial charge in [-0.1, -0.05) is 12.8 Å². The van der Waals surface area contributed by atoms with Crippen molar-refractivity contribution < 1.29 is 4.79 Å². The average molecular weight is 376 g/mol. The van der Waals surface area contributed by atoms with E-state index in [0.717, 1.165) is 75.0 Å². The fourth-order valence-electron chi connectivity index (χ4n) is 4.19. The molecule has 1 aromatic heterocycles. The van der Waals surface area contributed by atoms with Crippen LogP contribution in [0.25, 0.3) is 0 Å². The van der Waals surface area contributed by atoms with Gasteiger partial charge in [0, 0.05) is 49.6 Å². The molecule has 0 bridgehead atoms. The number of hydrogen-bond donors (Lipinski definition) is 1. The van der Waals surface area contributed by atoms with Gasteiger partial charge in [0.15, 0.2) is 0 Å². The van der Waals surface area contributed by atoms with E-state index < -0.39 is 0 Å². The molecule has 3 heterocycles. The van der Waals surface area contributed by atoms with E-state index in [-0.39, 0.29) is 11.8 Å². The van der Waals surface area contributed by atoms with Gasteiger partial charge < -0.3 is 15.1 Å². The third-order valence-electron chi connectivity index (χ3n) is 5.85. The van der Waals surface area contributed by atoms with Crippen LogP contribution < -0.4 is 15.1 Å². The first-order chi connectivity index (χ1) is 12.8. The molecule has 3 fully saturated rings. The molecule has 2 saturated heterocycles. The summed E-state index contributed by atoms with van der Waals surface area (Å²) in [5.41, 5.74) is 1.08. The number of amides is 1. The average Bonchev–Trinajstić information content (AvgIpc) is 3.22. The lowest BCUT2D eigenvalue weighted by Gasteiger charge is -2.33. The Morgan fingerprint density at radius 2 is 1.62 bits per heavy atom. The molecule has 1 saturated carbocycles. The Kier molecular flexibility index (Phi) is 5.82. The van der Waals surface area contributed by atoms with Crippen LogP contribution >= 0.6 is 11.8 Å². The summed E-state index contributed by atoms with van der Waals surface area (Å²) in [6.07, 6.45) is 10.6. The zero-order valence-electron chi connectivity index (χ0n) is 15.4. The molecule has 0 spiro atoms. The lowest BCUT2D eigenvalue weighted by atomic mass is 9.95. The minimum Gasteiger partial charge on any atom is -0.369 e. The zero-order valence-corrected chi connectivity index (χ0v) is 16.2. The molecule has 6 nitrogen and oxygen atoms in total.